The van der Waals surface area contributed by atoms with E-state index in [2.05, 4.69) is 15.5 Å². The average Bonchev–Trinajstić information content (AvgIpc) is 2.48. The van der Waals surface area contributed by atoms with E-state index in [9.17, 15) is 13.7 Å². The van der Waals surface area contributed by atoms with Crippen LogP contribution in [0.15, 0.2) is 59.3 Å². The largest absolute Gasteiger partial charge is 0.325 e. The standard InChI is InChI=1S/C15H11ClN2O3S/c1-22(19,20)21-18-12-8-6-11(7-9-12)14(10-17)13-4-2-3-5-15(13)16/h2-9H,1H3. The topological polar surface area (TPSA) is 79.5 Å². The molecule has 2 rings (SSSR count). The molecule has 0 aromatic heterocycles. The lowest BCUT2D eigenvalue weighted by molar-refractivity contribution is 0.344. The molecule has 0 N–H and O–H groups in total. The van der Waals surface area contributed by atoms with Crippen LogP contribution in [0.3, 0.4) is 0 Å². The van der Waals surface area contributed by atoms with Gasteiger partial charge < -0.3 is 0 Å². The Balaban J connectivity index is 2.34. The first-order valence-corrected chi connectivity index (χ1v) is 8.32. The van der Waals surface area contributed by atoms with E-state index in [1.807, 2.05) is 0 Å². The number of hydrogen-bond donors (Lipinski definition) is 0. The molecule has 0 atom stereocenters. The highest BCUT2D eigenvalue weighted by atomic mass is 35.5. The number of nitriles is 1. The molecule has 0 bridgehead atoms. The van der Waals surface area contributed by atoms with Crippen LogP contribution in [0.2, 0.25) is 5.02 Å². The van der Waals surface area contributed by atoms with Gasteiger partial charge in [0.15, 0.2) is 0 Å². The third kappa shape index (κ3) is 4.07. The summed E-state index contributed by atoms with van der Waals surface area (Å²) in [5, 5.41) is 13.3. The summed E-state index contributed by atoms with van der Waals surface area (Å²) in [4.78, 5) is 0. The van der Waals surface area contributed by atoms with Gasteiger partial charge in [0.2, 0.25) is 0 Å². The predicted molar refractivity (Wildman–Crippen MR) is 85.6 cm³/mol. The van der Waals surface area contributed by atoms with Crippen LogP contribution in [-0.2, 0) is 14.4 Å². The molecule has 22 heavy (non-hydrogen) atoms. The van der Waals surface area contributed by atoms with E-state index in [0.717, 1.165) is 6.26 Å². The lowest BCUT2D eigenvalue weighted by atomic mass is 9.97. The monoisotopic (exact) mass is 334 g/mol. The third-order valence-corrected chi connectivity index (χ3v) is 3.36. The summed E-state index contributed by atoms with van der Waals surface area (Å²) in [6.45, 7) is 0. The number of halogens is 1. The summed E-state index contributed by atoms with van der Waals surface area (Å²) in [5.74, 6) is 0. The van der Waals surface area contributed by atoms with Gasteiger partial charge >= 0.3 is 10.1 Å². The number of hydrogen-bond acceptors (Lipinski definition) is 5. The van der Waals surface area contributed by atoms with Crippen LogP contribution in [0.4, 0.5) is 0 Å². The molecule has 0 saturated heterocycles. The third-order valence-electron chi connectivity index (χ3n) is 2.69. The molecule has 1 aromatic rings. The SMILES string of the molecule is CS(=O)(=O)ON=C1C=CC(=C(C#N)c2ccccc2Cl)C=C1. The number of oxime groups is 1. The number of allylic oxidation sites excluding steroid dienone is 6. The Bertz CT molecular complexity index is 841. The summed E-state index contributed by atoms with van der Waals surface area (Å²) < 4.78 is 26.1. The summed E-state index contributed by atoms with van der Waals surface area (Å²) >= 11 is 6.10. The Morgan fingerprint density at radius 1 is 1.23 bits per heavy atom. The quantitative estimate of drug-likeness (QED) is 0.628. The molecule has 1 aliphatic rings. The Labute approximate surface area is 133 Å². The highest BCUT2D eigenvalue weighted by Crippen LogP contribution is 2.27. The fourth-order valence-corrected chi connectivity index (χ4v) is 2.20. The van der Waals surface area contributed by atoms with Crippen molar-refractivity contribution in [2.45, 2.75) is 0 Å². The Hall–Kier alpha value is -2.36. The van der Waals surface area contributed by atoms with Crippen molar-refractivity contribution in [2.75, 3.05) is 6.26 Å². The first-order valence-electron chi connectivity index (χ1n) is 6.13. The van der Waals surface area contributed by atoms with Gasteiger partial charge in [-0.3, -0.25) is 4.28 Å². The van der Waals surface area contributed by atoms with E-state index in [0.29, 0.717) is 27.4 Å². The minimum Gasteiger partial charge on any atom is -0.268 e. The zero-order valence-corrected chi connectivity index (χ0v) is 13.1. The fourth-order valence-electron chi connectivity index (χ4n) is 1.74. The van der Waals surface area contributed by atoms with E-state index >= 15 is 0 Å². The van der Waals surface area contributed by atoms with Crippen LogP contribution in [0, 0.1) is 11.3 Å². The Morgan fingerprint density at radius 3 is 2.41 bits per heavy atom. The van der Waals surface area contributed by atoms with E-state index in [1.54, 1.807) is 48.6 Å². The second-order valence-corrected chi connectivity index (χ2v) is 6.35. The zero-order valence-electron chi connectivity index (χ0n) is 11.5. The number of nitrogens with zero attached hydrogens (tertiary/aromatic N) is 2. The minimum absolute atomic E-state index is 0.325. The first kappa shape index (κ1) is 16.0. The molecule has 0 fully saturated rings. The molecule has 1 aliphatic carbocycles. The lowest BCUT2D eigenvalue weighted by Crippen LogP contribution is -2.02. The molecule has 0 unspecified atom stereocenters. The van der Waals surface area contributed by atoms with Gasteiger partial charge in [-0.05, 0) is 23.8 Å². The average molecular weight is 335 g/mol. The second kappa shape index (κ2) is 6.60. The summed E-state index contributed by atoms with van der Waals surface area (Å²) in [7, 11) is -3.64. The molecule has 112 valence electrons. The molecule has 0 saturated carbocycles. The van der Waals surface area contributed by atoms with E-state index < -0.39 is 10.1 Å². The minimum atomic E-state index is -3.64. The van der Waals surface area contributed by atoms with Crippen molar-refractivity contribution in [1.29, 1.82) is 5.26 Å². The normalized spacial score (nSPS) is 13.7. The summed E-state index contributed by atoms with van der Waals surface area (Å²) in [5.41, 5.74) is 2.02. The molecule has 0 heterocycles. The molecular weight excluding hydrogens is 324 g/mol. The van der Waals surface area contributed by atoms with Gasteiger partial charge in [-0.2, -0.15) is 13.7 Å². The van der Waals surface area contributed by atoms with Crippen molar-refractivity contribution >= 4 is 33.0 Å². The summed E-state index contributed by atoms with van der Waals surface area (Å²) in [6, 6.07) is 9.16. The zero-order chi connectivity index (χ0) is 16.2. The van der Waals surface area contributed by atoms with Crippen molar-refractivity contribution in [2.24, 2.45) is 5.16 Å². The van der Waals surface area contributed by atoms with Gasteiger partial charge in [0.1, 0.15) is 11.8 Å². The number of benzene rings is 1. The highest BCUT2D eigenvalue weighted by molar-refractivity contribution is 7.85. The fraction of sp³-hybridized carbons (Fsp3) is 0.0667. The van der Waals surface area contributed by atoms with Gasteiger partial charge in [0.25, 0.3) is 0 Å². The first-order chi connectivity index (χ1) is 10.4. The van der Waals surface area contributed by atoms with Crippen LogP contribution < -0.4 is 0 Å². The van der Waals surface area contributed by atoms with Crippen LogP contribution >= 0.6 is 11.6 Å². The van der Waals surface area contributed by atoms with Crippen LogP contribution in [0.25, 0.3) is 5.57 Å². The van der Waals surface area contributed by atoms with Crippen molar-refractivity contribution in [1.82, 2.24) is 0 Å². The molecule has 1 aromatic carbocycles. The van der Waals surface area contributed by atoms with Gasteiger partial charge in [-0.25, -0.2) is 0 Å². The molecule has 7 heteroatoms. The molecule has 0 spiro atoms. The summed E-state index contributed by atoms with van der Waals surface area (Å²) in [6.07, 6.45) is 7.30. The maximum absolute atomic E-state index is 10.9. The van der Waals surface area contributed by atoms with Gasteiger partial charge in [0.05, 0.1) is 11.8 Å². The Kier molecular flexibility index (Phi) is 4.81. The lowest BCUT2D eigenvalue weighted by Gasteiger charge is -2.08. The van der Waals surface area contributed by atoms with Crippen molar-refractivity contribution in [3.63, 3.8) is 0 Å². The molecule has 5 nitrogen and oxygen atoms in total. The van der Waals surface area contributed by atoms with Crippen LogP contribution in [-0.4, -0.2) is 20.4 Å². The van der Waals surface area contributed by atoms with Crippen LogP contribution in [0.1, 0.15) is 5.56 Å². The predicted octanol–water partition coefficient (Wildman–Crippen LogP) is 3.08. The molecular formula is C15H11ClN2O3S. The maximum Gasteiger partial charge on any atom is 0.325 e. The van der Waals surface area contributed by atoms with Crippen molar-refractivity contribution in [3.05, 3.63) is 64.7 Å². The molecule has 0 amide bonds. The number of rotatable bonds is 3. The van der Waals surface area contributed by atoms with Crippen molar-refractivity contribution < 1.29 is 12.7 Å². The van der Waals surface area contributed by atoms with E-state index in [1.165, 1.54) is 0 Å². The van der Waals surface area contributed by atoms with Crippen LogP contribution in [0.5, 0.6) is 0 Å². The maximum atomic E-state index is 10.9. The van der Waals surface area contributed by atoms with E-state index in [-0.39, 0.29) is 0 Å². The van der Waals surface area contributed by atoms with Gasteiger partial charge in [-0.1, -0.05) is 47.1 Å². The van der Waals surface area contributed by atoms with Gasteiger partial charge in [0, 0.05) is 10.6 Å². The second-order valence-electron chi connectivity index (χ2n) is 4.38. The molecule has 0 radical (unpaired) electrons. The Morgan fingerprint density at radius 2 is 1.86 bits per heavy atom. The molecule has 0 aliphatic heterocycles. The highest BCUT2D eigenvalue weighted by Gasteiger charge is 2.11. The van der Waals surface area contributed by atoms with E-state index in [4.69, 9.17) is 11.6 Å². The smallest absolute Gasteiger partial charge is 0.268 e. The van der Waals surface area contributed by atoms with Gasteiger partial charge in [-0.15, -0.1) is 0 Å². The van der Waals surface area contributed by atoms with Crippen molar-refractivity contribution in [3.8, 4) is 6.07 Å².